The van der Waals surface area contributed by atoms with Gasteiger partial charge >= 0.3 is 0 Å². The summed E-state index contributed by atoms with van der Waals surface area (Å²) in [7, 11) is 0. The van der Waals surface area contributed by atoms with Crippen LogP contribution in [0.1, 0.15) is 23.2 Å². The van der Waals surface area contributed by atoms with Crippen molar-refractivity contribution in [1.82, 2.24) is 25.5 Å². The summed E-state index contributed by atoms with van der Waals surface area (Å²) in [6.07, 6.45) is 2.02. The molecule has 1 aromatic heterocycles. The Bertz CT molecular complexity index is 595. The van der Waals surface area contributed by atoms with Crippen LogP contribution in [0.2, 0.25) is 0 Å². The average Bonchev–Trinajstić information content (AvgIpc) is 3.17. The van der Waals surface area contributed by atoms with E-state index in [1.807, 2.05) is 6.07 Å². The number of carbonyl (C=O) groups excluding carboxylic acids is 1. The van der Waals surface area contributed by atoms with Crippen molar-refractivity contribution in [1.29, 1.82) is 0 Å². The normalized spacial score (nSPS) is 14.2. The smallest absolute Gasteiger partial charge is 0.254 e. The molecule has 0 atom stereocenters. The minimum atomic E-state index is -0.0631. The summed E-state index contributed by atoms with van der Waals surface area (Å²) in [6, 6.07) is 7.40. The third-order valence-electron chi connectivity index (χ3n) is 3.30. The summed E-state index contributed by atoms with van der Waals surface area (Å²) in [5.74, 6) is 0.395. The minimum absolute atomic E-state index is 0.0211. The zero-order valence-corrected chi connectivity index (χ0v) is 10.9. The van der Waals surface area contributed by atoms with E-state index in [-0.39, 0.29) is 18.6 Å². The maximum atomic E-state index is 12.5. The fourth-order valence-electron chi connectivity index (χ4n) is 2.19. The average molecular weight is 273 g/mol. The second-order valence-corrected chi connectivity index (χ2v) is 4.77. The van der Waals surface area contributed by atoms with Crippen molar-refractivity contribution >= 4 is 5.91 Å². The van der Waals surface area contributed by atoms with Gasteiger partial charge in [0.15, 0.2) is 0 Å². The molecule has 2 N–H and O–H groups in total. The topological polar surface area (TPSA) is 95.0 Å². The predicted molar refractivity (Wildman–Crippen MR) is 70.8 cm³/mol. The lowest BCUT2D eigenvalue weighted by Gasteiger charge is -2.21. The Morgan fingerprint density at radius 1 is 1.45 bits per heavy atom. The highest BCUT2D eigenvalue weighted by molar-refractivity contribution is 5.95. The molecule has 2 aromatic rings. The second-order valence-electron chi connectivity index (χ2n) is 4.77. The monoisotopic (exact) mass is 273 g/mol. The van der Waals surface area contributed by atoms with E-state index in [0.717, 1.165) is 18.4 Å². The number of nitrogens with zero attached hydrogens (tertiary/aromatic N) is 4. The van der Waals surface area contributed by atoms with Gasteiger partial charge in [-0.3, -0.25) is 4.79 Å². The lowest BCUT2D eigenvalue weighted by atomic mass is 10.1. The van der Waals surface area contributed by atoms with Crippen LogP contribution in [-0.2, 0) is 0 Å². The van der Waals surface area contributed by atoms with Gasteiger partial charge in [0.1, 0.15) is 0 Å². The molecular formula is C13H15N5O2. The summed E-state index contributed by atoms with van der Waals surface area (Å²) < 4.78 is 0. The van der Waals surface area contributed by atoms with Crippen LogP contribution < -0.4 is 0 Å². The molecule has 3 rings (SSSR count). The van der Waals surface area contributed by atoms with Crippen molar-refractivity contribution < 1.29 is 9.90 Å². The van der Waals surface area contributed by atoms with Gasteiger partial charge in [0.2, 0.25) is 5.82 Å². The van der Waals surface area contributed by atoms with Crippen molar-refractivity contribution in [3.05, 3.63) is 29.8 Å². The van der Waals surface area contributed by atoms with Gasteiger partial charge in [-0.15, -0.1) is 10.2 Å². The van der Waals surface area contributed by atoms with Crippen LogP contribution in [-0.4, -0.2) is 55.7 Å². The van der Waals surface area contributed by atoms with Gasteiger partial charge in [-0.25, -0.2) is 0 Å². The highest BCUT2D eigenvalue weighted by atomic mass is 16.3. The van der Waals surface area contributed by atoms with Crippen LogP contribution in [0.25, 0.3) is 11.4 Å². The van der Waals surface area contributed by atoms with Gasteiger partial charge in [0, 0.05) is 23.7 Å². The molecule has 0 saturated heterocycles. The number of benzene rings is 1. The number of hydrogen-bond acceptors (Lipinski definition) is 5. The quantitative estimate of drug-likeness (QED) is 0.825. The van der Waals surface area contributed by atoms with E-state index in [0.29, 0.717) is 17.9 Å². The molecule has 1 aliphatic carbocycles. The van der Waals surface area contributed by atoms with Crippen LogP contribution in [0.5, 0.6) is 0 Å². The maximum absolute atomic E-state index is 12.5. The number of aromatic amines is 1. The van der Waals surface area contributed by atoms with Gasteiger partial charge in [0.05, 0.1) is 6.61 Å². The Hall–Kier alpha value is -2.28. The Balaban J connectivity index is 1.85. The lowest BCUT2D eigenvalue weighted by Crippen LogP contribution is -2.35. The summed E-state index contributed by atoms with van der Waals surface area (Å²) in [5, 5.41) is 22.8. The van der Waals surface area contributed by atoms with E-state index < -0.39 is 0 Å². The van der Waals surface area contributed by atoms with Crippen molar-refractivity contribution in [2.24, 2.45) is 0 Å². The standard InChI is InChI=1S/C13H15N5O2/c19-7-6-18(11-4-5-11)13(20)10-3-1-2-9(8-10)12-14-16-17-15-12/h1-3,8,11,19H,4-7H2,(H,14,15,16,17). The molecule has 0 radical (unpaired) electrons. The lowest BCUT2D eigenvalue weighted by molar-refractivity contribution is 0.0707. The minimum Gasteiger partial charge on any atom is -0.395 e. The van der Waals surface area contributed by atoms with Gasteiger partial charge in [-0.1, -0.05) is 12.1 Å². The number of carbonyl (C=O) groups is 1. The van der Waals surface area contributed by atoms with E-state index >= 15 is 0 Å². The van der Waals surface area contributed by atoms with Crippen molar-refractivity contribution in [3.8, 4) is 11.4 Å². The number of H-pyrrole nitrogens is 1. The van der Waals surface area contributed by atoms with Crippen molar-refractivity contribution in [2.45, 2.75) is 18.9 Å². The van der Waals surface area contributed by atoms with Crippen LogP contribution in [0.15, 0.2) is 24.3 Å². The van der Waals surface area contributed by atoms with Crippen LogP contribution in [0.4, 0.5) is 0 Å². The van der Waals surface area contributed by atoms with Crippen LogP contribution in [0.3, 0.4) is 0 Å². The molecule has 104 valence electrons. The molecule has 20 heavy (non-hydrogen) atoms. The van der Waals surface area contributed by atoms with E-state index in [2.05, 4.69) is 20.6 Å². The molecule has 1 saturated carbocycles. The molecule has 7 nitrogen and oxygen atoms in total. The zero-order valence-electron chi connectivity index (χ0n) is 10.9. The molecule has 0 unspecified atom stereocenters. The number of aromatic nitrogens is 4. The third kappa shape index (κ3) is 2.53. The Morgan fingerprint density at radius 2 is 2.30 bits per heavy atom. The van der Waals surface area contributed by atoms with E-state index in [4.69, 9.17) is 5.11 Å². The van der Waals surface area contributed by atoms with Gasteiger partial charge < -0.3 is 10.0 Å². The molecular weight excluding hydrogens is 258 g/mol. The molecule has 1 amide bonds. The first-order valence-electron chi connectivity index (χ1n) is 6.55. The Kier molecular flexibility index (Phi) is 3.42. The molecule has 1 fully saturated rings. The highest BCUT2D eigenvalue weighted by Gasteiger charge is 2.32. The molecule has 1 heterocycles. The first-order valence-corrected chi connectivity index (χ1v) is 6.55. The number of tetrazole rings is 1. The number of rotatable bonds is 5. The van der Waals surface area contributed by atoms with Gasteiger partial charge in [0.25, 0.3) is 5.91 Å². The van der Waals surface area contributed by atoms with E-state index in [1.165, 1.54) is 0 Å². The molecule has 1 aliphatic rings. The van der Waals surface area contributed by atoms with Gasteiger partial charge in [-0.05, 0) is 30.2 Å². The Labute approximate surface area is 115 Å². The largest absolute Gasteiger partial charge is 0.395 e. The maximum Gasteiger partial charge on any atom is 0.254 e. The fraction of sp³-hybridized carbons (Fsp3) is 0.385. The number of nitrogens with one attached hydrogen (secondary N) is 1. The number of aliphatic hydroxyl groups is 1. The highest BCUT2D eigenvalue weighted by Crippen LogP contribution is 2.28. The summed E-state index contributed by atoms with van der Waals surface area (Å²) in [6.45, 7) is 0.350. The van der Waals surface area contributed by atoms with Crippen LogP contribution in [0, 0.1) is 0 Å². The van der Waals surface area contributed by atoms with Gasteiger partial charge in [-0.2, -0.15) is 5.21 Å². The van der Waals surface area contributed by atoms with Crippen molar-refractivity contribution in [2.75, 3.05) is 13.2 Å². The zero-order chi connectivity index (χ0) is 13.9. The molecule has 0 aliphatic heterocycles. The number of hydrogen-bond donors (Lipinski definition) is 2. The molecule has 0 spiro atoms. The van der Waals surface area contributed by atoms with Crippen molar-refractivity contribution in [3.63, 3.8) is 0 Å². The van der Waals surface area contributed by atoms with E-state index in [1.54, 1.807) is 23.1 Å². The molecule has 0 bridgehead atoms. The third-order valence-corrected chi connectivity index (χ3v) is 3.30. The summed E-state index contributed by atoms with van der Waals surface area (Å²) >= 11 is 0. The second kappa shape index (κ2) is 5.38. The molecule has 1 aromatic carbocycles. The first kappa shape index (κ1) is 12.7. The Morgan fingerprint density at radius 3 is 2.95 bits per heavy atom. The van der Waals surface area contributed by atoms with Crippen LogP contribution >= 0.6 is 0 Å². The molecule has 7 heteroatoms. The summed E-state index contributed by atoms with van der Waals surface area (Å²) in [5.41, 5.74) is 1.32. The number of aliphatic hydroxyl groups excluding tert-OH is 1. The SMILES string of the molecule is O=C(c1cccc(-c2nn[nH]n2)c1)N(CCO)C1CC1. The van der Waals surface area contributed by atoms with E-state index in [9.17, 15) is 4.79 Å². The first-order chi connectivity index (χ1) is 9.79. The predicted octanol–water partition coefficient (Wildman–Crippen LogP) is 0.464. The summed E-state index contributed by atoms with van der Waals surface area (Å²) in [4.78, 5) is 14.2. The number of amides is 1. The fourth-order valence-corrected chi connectivity index (χ4v) is 2.19.